The van der Waals surface area contributed by atoms with Crippen LogP contribution in [0.4, 0.5) is 5.69 Å². The van der Waals surface area contributed by atoms with Gasteiger partial charge in [-0.15, -0.1) is 0 Å². The lowest BCUT2D eigenvalue weighted by Crippen LogP contribution is -2.12. The molecular weight excluding hydrogens is 278 g/mol. The van der Waals surface area contributed by atoms with Crippen molar-refractivity contribution in [3.8, 4) is 11.5 Å². The first kappa shape index (κ1) is 15.9. The fourth-order valence-corrected chi connectivity index (χ4v) is 2.13. The van der Waals surface area contributed by atoms with Crippen LogP contribution in [-0.2, 0) is 11.2 Å². The fourth-order valence-electron chi connectivity index (χ4n) is 2.13. The highest BCUT2D eigenvalue weighted by Gasteiger charge is 2.06. The van der Waals surface area contributed by atoms with Gasteiger partial charge in [0.05, 0.1) is 14.2 Å². The summed E-state index contributed by atoms with van der Waals surface area (Å²) in [5.74, 6) is 1.45. The number of aryl methyl sites for hydroxylation is 2. The molecule has 2 aromatic rings. The van der Waals surface area contributed by atoms with Gasteiger partial charge in [0.15, 0.2) is 0 Å². The third-order valence-corrected chi connectivity index (χ3v) is 3.39. The highest BCUT2D eigenvalue weighted by molar-refractivity contribution is 5.90. The number of methoxy groups -OCH3 is 2. The number of ether oxygens (including phenoxy) is 2. The number of amides is 1. The van der Waals surface area contributed by atoms with Crippen LogP contribution in [0.25, 0.3) is 0 Å². The molecule has 4 nitrogen and oxygen atoms in total. The van der Waals surface area contributed by atoms with Crippen molar-refractivity contribution in [3.05, 3.63) is 53.6 Å². The van der Waals surface area contributed by atoms with Gasteiger partial charge in [-0.25, -0.2) is 0 Å². The van der Waals surface area contributed by atoms with Gasteiger partial charge in [0.2, 0.25) is 5.91 Å². The van der Waals surface area contributed by atoms with E-state index in [1.54, 1.807) is 14.2 Å². The minimum Gasteiger partial charge on any atom is -0.497 e. The van der Waals surface area contributed by atoms with Gasteiger partial charge in [-0.3, -0.25) is 4.79 Å². The second-order valence-electron chi connectivity index (χ2n) is 5.14. The summed E-state index contributed by atoms with van der Waals surface area (Å²) in [4.78, 5) is 12.0. The number of carbonyl (C=O) groups excluding carboxylic acids is 1. The van der Waals surface area contributed by atoms with Crippen LogP contribution in [0, 0.1) is 6.92 Å². The monoisotopic (exact) mass is 299 g/mol. The molecule has 0 bridgehead atoms. The van der Waals surface area contributed by atoms with Crippen LogP contribution in [0.3, 0.4) is 0 Å². The van der Waals surface area contributed by atoms with Crippen LogP contribution in [-0.4, -0.2) is 20.1 Å². The van der Waals surface area contributed by atoms with E-state index in [0.717, 1.165) is 22.7 Å². The zero-order valence-corrected chi connectivity index (χ0v) is 13.2. The predicted octanol–water partition coefficient (Wildman–Crippen LogP) is 3.58. The Morgan fingerprint density at radius 2 is 1.59 bits per heavy atom. The molecule has 0 fully saturated rings. The third kappa shape index (κ3) is 4.52. The molecule has 1 N–H and O–H groups in total. The number of carbonyl (C=O) groups is 1. The van der Waals surface area contributed by atoms with Crippen LogP contribution in [0.2, 0.25) is 0 Å². The van der Waals surface area contributed by atoms with Gasteiger partial charge < -0.3 is 14.8 Å². The van der Waals surface area contributed by atoms with Crippen molar-refractivity contribution in [3.63, 3.8) is 0 Å². The molecule has 0 aliphatic rings. The number of anilines is 1. The van der Waals surface area contributed by atoms with Crippen molar-refractivity contribution in [2.24, 2.45) is 0 Å². The van der Waals surface area contributed by atoms with Crippen molar-refractivity contribution < 1.29 is 14.3 Å². The zero-order valence-electron chi connectivity index (χ0n) is 13.2. The van der Waals surface area contributed by atoms with E-state index in [0.29, 0.717) is 12.8 Å². The quantitative estimate of drug-likeness (QED) is 0.887. The van der Waals surface area contributed by atoms with E-state index < -0.39 is 0 Å². The van der Waals surface area contributed by atoms with E-state index in [1.807, 2.05) is 49.4 Å². The average Bonchev–Trinajstić information content (AvgIpc) is 2.54. The first-order valence-electron chi connectivity index (χ1n) is 7.19. The van der Waals surface area contributed by atoms with Gasteiger partial charge in [-0.05, 0) is 43.2 Å². The Labute approximate surface area is 131 Å². The van der Waals surface area contributed by atoms with Crippen molar-refractivity contribution in [1.29, 1.82) is 0 Å². The second-order valence-corrected chi connectivity index (χ2v) is 5.14. The van der Waals surface area contributed by atoms with Crippen LogP contribution in [0.5, 0.6) is 11.5 Å². The molecule has 0 atom stereocenters. The highest BCUT2D eigenvalue weighted by atomic mass is 16.5. The van der Waals surface area contributed by atoms with E-state index >= 15 is 0 Å². The Balaban J connectivity index is 1.94. The molecule has 4 heteroatoms. The summed E-state index contributed by atoms with van der Waals surface area (Å²) in [6.45, 7) is 2.02. The van der Waals surface area contributed by atoms with Gasteiger partial charge in [-0.2, -0.15) is 0 Å². The summed E-state index contributed by atoms with van der Waals surface area (Å²) < 4.78 is 10.5. The summed E-state index contributed by atoms with van der Waals surface area (Å²) in [5.41, 5.74) is 3.00. The summed E-state index contributed by atoms with van der Waals surface area (Å²) in [5, 5.41) is 2.90. The Hall–Kier alpha value is -2.49. The summed E-state index contributed by atoms with van der Waals surface area (Å²) in [6, 6.07) is 13.4. The van der Waals surface area contributed by atoms with E-state index in [-0.39, 0.29) is 5.91 Å². The second kappa shape index (κ2) is 7.50. The molecule has 22 heavy (non-hydrogen) atoms. The van der Waals surface area contributed by atoms with Crippen molar-refractivity contribution >= 4 is 11.6 Å². The average molecular weight is 299 g/mol. The molecule has 0 unspecified atom stereocenters. The van der Waals surface area contributed by atoms with Crippen LogP contribution in [0.1, 0.15) is 17.5 Å². The molecule has 0 saturated carbocycles. The summed E-state index contributed by atoms with van der Waals surface area (Å²) in [6.07, 6.45) is 1.04. The zero-order chi connectivity index (χ0) is 15.9. The van der Waals surface area contributed by atoms with Crippen molar-refractivity contribution in [2.45, 2.75) is 19.8 Å². The molecule has 0 aromatic heterocycles. The molecule has 0 heterocycles. The number of benzene rings is 2. The molecule has 116 valence electrons. The minimum absolute atomic E-state index is 0.00867. The maximum atomic E-state index is 12.0. The third-order valence-electron chi connectivity index (χ3n) is 3.39. The van der Waals surface area contributed by atoms with Gasteiger partial charge in [-0.1, -0.05) is 17.7 Å². The summed E-state index contributed by atoms with van der Waals surface area (Å²) >= 11 is 0. The molecule has 0 aliphatic carbocycles. The van der Waals surface area contributed by atoms with E-state index in [4.69, 9.17) is 9.47 Å². The molecule has 2 rings (SSSR count). The molecule has 0 spiro atoms. The lowest BCUT2D eigenvalue weighted by Gasteiger charge is -2.09. The minimum atomic E-state index is -0.00867. The van der Waals surface area contributed by atoms with Gasteiger partial charge in [0.25, 0.3) is 0 Å². The number of hydrogen-bond acceptors (Lipinski definition) is 3. The predicted molar refractivity (Wildman–Crippen MR) is 87.7 cm³/mol. The van der Waals surface area contributed by atoms with Gasteiger partial charge in [0.1, 0.15) is 11.5 Å². The molecule has 0 radical (unpaired) electrons. The van der Waals surface area contributed by atoms with Gasteiger partial charge >= 0.3 is 0 Å². The molecule has 0 saturated heterocycles. The Morgan fingerprint density at radius 1 is 1.00 bits per heavy atom. The standard InChI is InChI=1S/C18H21NO3/c1-13-4-7-15(8-5-13)19-18(20)9-6-14-10-16(21-2)12-17(11-14)22-3/h4-5,7-8,10-12H,6,9H2,1-3H3,(H,19,20). The lowest BCUT2D eigenvalue weighted by atomic mass is 10.1. The number of nitrogens with one attached hydrogen (secondary N) is 1. The molecule has 2 aromatic carbocycles. The first-order valence-corrected chi connectivity index (χ1v) is 7.19. The Kier molecular flexibility index (Phi) is 5.42. The first-order chi connectivity index (χ1) is 10.6. The lowest BCUT2D eigenvalue weighted by molar-refractivity contribution is -0.116. The SMILES string of the molecule is COc1cc(CCC(=O)Nc2ccc(C)cc2)cc(OC)c1. The van der Waals surface area contributed by atoms with Crippen molar-refractivity contribution in [2.75, 3.05) is 19.5 Å². The Morgan fingerprint density at radius 3 is 2.14 bits per heavy atom. The van der Waals surface area contributed by atoms with E-state index in [2.05, 4.69) is 5.32 Å². The molecular formula is C18H21NO3. The normalized spacial score (nSPS) is 10.1. The Bertz CT molecular complexity index is 613. The highest BCUT2D eigenvalue weighted by Crippen LogP contribution is 2.23. The van der Waals surface area contributed by atoms with Crippen LogP contribution < -0.4 is 14.8 Å². The van der Waals surface area contributed by atoms with Crippen LogP contribution in [0.15, 0.2) is 42.5 Å². The van der Waals surface area contributed by atoms with Crippen LogP contribution >= 0.6 is 0 Å². The maximum absolute atomic E-state index is 12.0. The largest absolute Gasteiger partial charge is 0.497 e. The van der Waals surface area contributed by atoms with E-state index in [9.17, 15) is 4.79 Å². The number of rotatable bonds is 6. The molecule has 1 amide bonds. The summed E-state index contributed by atoms with van der Waals surface area (Å²) in [7, 11) is 3.23. The molecule has 0 aliphatic heterocycles. The van der Waals surface area contributed by atoms with Gasteiger partial charge in [0, 0.05) is 18.2 Å². The topological polar surface area (TPSA) is 47.6 Å². The maximum Gasteiger partial charge on any atom is 0.224 e. The fraction of sp³-hybridized carbons (Fsp3) is 0.278. The number of hydrogen-bond donors (Lipinski definition) is 1. The van der Waals surface area contributed by atoms with Crippen molar-refractivity contribution in [1.82, 2.24) is 0 Å². The van der Waals surface area contributed by atoms with E-state index in [1.165, 1.54) is 5.56 Å². The smallest absolute Gasteiger partial charge is 0.224 e.